The highest BCUT2D eigenvalue weighted by Crippen LogP contribution is 2.23. The van der Waals surface area contributed by atoms with E-state index in [4.69, 9.17) is 10.6 Å². The van der Waals surface area contributed by atoms with Crippen LogP contribution in [-0.2, 0) is 4.74 Å². The molecule has 1 saturated heterocycles. The topological polar surface area (TPSA) is 119 Å². The summed E-state index contributed by atoms with van der Waals surface area (Å²) in [5.74, 6) is 5.83. The van der Waals surface area contributed by atoms with Gasteiger partial charge >= 0.3 is 5.69 Å². The summed E-state index contributed by atoms with van der Waals surface area (Å²) in [4.78, 5) is 16.9. The molecule has 21 heavy (non-hydrogen) atoms. The number of hydrogen-bond acceptors (Lipinski definition) is 8. The summed E-state index contributed by atoms with van der Waals surface area (Å²) in [5, 5.41) is 14.0. The van der Waals surface area contributed by atoms with E-state index in [0.29, 0.717) is 19.0 Å². The van der Waals surface area contributed by atoms with E-state index in [1.54, 1.807) is 0 Å². The first-order valence-electron chi connectivity index (χ1n) is 6.84. The van der Waals surface area contributed by atoms with Crippen LogP contribution in [0.1, 0.15) is 6.92 Å². The van der Waals surface area contributed by atoms with Crippen LogP contribution in [0.5, 0.6) is 0 Å². The van der Waals surface area contributed by atoms with Crippen LogP contribution in [-0.4, -0.2) is 53.7 Å². The first kappa shape index (κ1) is 15.4. The fourth-order valence-corrected chi connectivity index (χ4v) is 2.21. The Bertz CT molecular complexity index is 498. The standard InChI is InChI=1S/C12H20N6O3/c1-2-17-5-6-21-9(8-17)7-14-12-10(18(19)20)3-4-11(15-12)16-13/h3-4,9H,2,5-8,13H2,1H3,(H2,14,15,16). The summed E-state index contributed by atoms with van der Waals surface area (Å²) in [6.45, 7) is 5.89. The van der Waals surface area contributed by atoms with E-state index >= 15 is 0 Å². The molecule has 0 amide bonds. The van der Waals surface area contributed by atoms with E-state index in [1.165, 1.54) is 12.1 Å². The van der Waals surface area contributed by atoms with Crippen molar-refractivity contribution >= 4 is 17.3 Å². The minimum absolute atomic E-state index is 0.0189. The molecule has 0 saturated carbocycles. The zero-order chi connectivity index (χ0) is 15.2. The van der Waals surface area contributed by atoms with Gasteiger partial charge < -0.3 is 15.5 Å². The second-order valence-electron chi connectivity index (χ2n) is 4.73. The van der Waals surface area contributed by atoms with Gasteiger partial charge in [0, 0.05) is 25.7 Å². The van der Waals surface area contributed by atoms with Gasteiger partial charge in [0.05, 0.1) is 17.6 Å². The van der Waals surface area contributed by atoms with Gasteiger partial charge in [0.15, 0.2) is 0 Å². The molecule has 1 unspecified atom stereocenters. The van der Waals surface area contributed by atoms with E-state index in [0.717, 1.165) is 19.6 Å². The molecule has 1 aliphatic heterocycles. The molecular formula is C12H20N6O3. The van der Waals surface area contributed by atoms with Gasteiger partial charge in [-0.05, 0) is 12.6 Å². The van der Waals surface area contributed by atoms with Crippen molar-refractivity contribution in [2.75, 3.05) is 43.5 Å². The fourth-order valence-electron chi connectivity index (χ4n) is 2.21. The van der Waals surface area contributed by atoms with E-state index < -0.39 is 4.92 Å². The van der Waals surface area contributed by atoms with Crippen LogP contribution in [0.3, 0.4) is 0 Å². The zero-order valence-corrected chi connectivity index (χ0v) is 11.9. The molecule has 0 aromatic carbocycles. The van der Waals surface area contributed by atoms with Crippen LogP contribution in [0.25, 0.3) is 0 Å². The molecule has 9 heteroatoms. The van der Waals surface area contributed by atoms with Gasteiger partial charge in [0.2, 0.25) is 5.82 Å². The molecule has 1 aromatic rings. The van der Waals surface area contributed by atoms with Gasteiger partial charge in [0.25, 0.3) is 0 Å². The predicted molar refractivity (Wildman–Crippen MR) is 79.0 cm³/mol. The summed E-state index contributed by atoms with van der Waals surface area (Å²) in [6.07, 6.45) is -0.0189. The number of hydrazine groups is 1. The summed E-state index contributed by atoms with van der Waals surface area (Å²) < 4.78 is 5.65. The summed E-state index contributed by atoms with van der Waals surface area (Å²) >= 11 is 0. The van der Waals surface area contributed by atoms with Crippen molar-refractivity contribution < 1.29 is 9.66 Å². The van der Waals surface area contributed by atoms with Crippen molar-refractivity contribution in [1.29, 1.82) is 0 Å². The minimum atomic E-state index is -0.476. The fraction of sp³-hybridized carbons (Fsp3) is 0.583. The van der Waals surface area contributed by atoms with E-state index in [2.05, 4.69) is 27.6 Å². The van der Waals surface area contributed by atoms with Crippen molar-refractivity contribution in [2.45, 2.75) is 13.0 Å². The smallest absolute Gasteiger partial charge is 0.311 e. The van der Waals surface area contributed by atoms with Crippen LogP contribution in [0.15, 0.2) is 12.1 Å². The molecule has 9 nitrogen and oxygen atoms in total. The molecule has 1 aromatic heterocycles. The molecule has 116 valence electrons. The van der Waals surface area contributed by atoms with Crippen molar-refractivity contribution in [1.82, 2.24) is 9.88 Å². The average Bonchev–Trinajstić information content (AvgIpc) is 2.52. The maximum atomic E-state index is 11.0. The average molecular weight is 296 g/mol. The third-order valence-electron chi connectivity index (χ3n) is 3.39. The lowest BCUT2D eigenvalue weighted by atomic mass is 10.2. The highest BCUT2D eigenvalue weighted by atomic mass is 16.6. The third-order valence-corrected chi connectivity index (χ3v) is 3.39. The maximum Gasteiger partial charge on any atom is 0.311 e. The SMILES string of the molecule is CCN1CCOC(CNc2nc(NN)ccc2[N+](=O)[O-])C1. The Morgan fingerprint density at radius 2 is 2.43 bits per heavy atom. The molecule has 0 spiro atoms. The monoisotopic (exact) mass is 296 g/mol. The number of likely N-dealkylation sites (N-methyl/N-ethyl adjacent to an activating group) is 1. The van der Waals surface area contributed by atoms with Crippen LogP contribution in [0.4, 0.5) is 17.3 Å². The Kier molecular flexibility index (Phi) is 5.26. The number of nitro groups is 1. The van der Waals surface area contributed by atoms with Gasteiger partial charge in [-0.25, -0.2) is 10.8 Å². The molecule has 2 heterocycles. The maximum absolute atomic E-state index is 11.0. The van der Waals surface area contributed by atoms with E-state index in [-0.39, 0.29) is 17.6 Å². The van der Waals surface area contributed by atoms with Crippen LogP contribution < -0.4 is 16.6 Å². The lowest BCUT2D eigenvalue weighted by molar-refractivity contribution is -0.384. The molecule has 0 radical (unpaired) electrons. The molecular weight excluding hydrogens is 276 g/mol. The second kappa shape index (κ2) is 7.16. The minimum Gasteiger partial charge on any atom is -0.374 e. The Morgan fingerprint density at radius 3 is 3.10 bits per heavy atom. The summed E-state index contributed by atoms with van der Waals surface area (Å²) in [5.41, 5.74) is 2.29. The quantitative estimate of drug-likeness (QED) is 0.392. The number of anilines is 2. The number of nitrogens with two attached hydrogens (primary N) is 1. The number of hydrogen-bond donors (Lipinski definition) is 3. The van der Waals surface area contributed by atoms with Crippen LogP contribution >= 0.6 is 0 Å². The number of nitrogen functional groups attached to an aromatic ring is 1. The number of pyridine rings is 1. The second-order valence-corrected chi connectivity index (χ2v) is 4.73. The molecule has 0 aliphatic carbocycles. The lowest BCUT2D eigenvalue weighted by Crippen LogP contribution is -2.45. The summed E-state index contributed by atoms with van der Waals surface area (Å²) in [6, 6.07) is 2.82. The van der Waals surface area contributed by atoms with Crippen molar-refractivity contribution in [3.63, 3.8) is 0 Å². The number of nitrogens with zero attached hydrogens (tertiary/aromatic N) is 3. The Morgan fingerprint density at radius 1 is 1.62 bits per heavy atom. The number of nitrogens with one attached hydrogen (secondary N) is 2. The number of aromatic nitrogens is 1. The highest BCUT2D eigenvalue weighted by Gasteiger charge is 2.21. The summed E-state index contributed by atoms with van der Waals surface area (Å²) in [7, 11) is 0. The van der Waals surface area contributed by atoms with E-state index in [1.807, 2.05) is 0 Å². The van der Waals surface area contributed by atoms with Crippen molar-refractivity contribution in [3.05, 3.63) is 22.2 Å². The molecule has 4 N–H and O–H groups in total. The first-order chi connectivity index (χ1) is 10.1. The largest absolute Gasteiger partial charge is 0.374 e. The normalized spacial score (nSPS) is 19.2. The van der Waals surface area contributed by atoms with E-state index in [9.17, 15) is 10.1 Å². The number of morpholine rings is 1. The molecule has 1 aliphatic rings. The van der Waals surface area contributed by atoms with Crippen LogP contribution in [0.2, 0.25) is 0 Å². The number of ether oxygens (including phenoxy) is 1. The molecule has 1 fully saturated rings. The van der Waals surface area contributed by atoms with Gasteiger partial charge in [0.1, 0.15) is 5.82 Å². The van der Waals surface area contributed by atoms with Crippen molar-refractivity contribution in [3.8, 4) is 0 Å². The van der Waals surface area contributed by atoms with Gasteiger partial charge in [-0.3, -0.25) is 15.0 Å². The highest BCUT2D eigenvalue weighted by molar-refractivity contribution is 5.60. The predicted octanol–water partition coefficient (Wildman–Crippen LogP) is 0.408. The van der Waals surface area contributed by atoms with Gasteiger partial charge in [-0.2, -0.15) is 0 Å². The van der Waals surface area contributed by atoms with Gasteiger partial charge in [-0.1, -0.05) is 6.92 Å². The van der Waals surface area contributed by atoms with Crippen molar-refractivity contribution in [2.24, 2.45) is 5.84 Å². The molecule has 1 atom stereocenters. The zero-order valence-electron chi connectivity index (χ0n) is 11.9. The Labute approximate surface area is 122 Å². The Balaban J connectivity index is 2.02. The first-order valence-corrected chi connectivity index (χ1v) is 6.84. The third kappa shape index (κ3) is 4.00. The number of rotatable bonds is 6. The molecule has 2 rings (SSSR count). The van der Waals surface area contributed by atoms with Gasteiger partial charge in [-0.15, -0.1) is 0 Å². The van der Waals surface area contributed by atoms with Crippen LogP contribution in [0, 0.1) is 10.1 Å². The lowest BCUT2D eigenvalue weighted by Gasteiger charge is -2.32. The Hall–Kier alpha value is -1.97. The molecule has 0 bridgehead atoms.